The van der Waals surface area contributed by atoms with E-state index in [9.17, 15) is 4.79 Å². The molecular weight excluding hydrogens is 518 g/mol. The molecule has 0 spiro atoms. The van der Waals surface area contributed by atoms with E-state index in [0.717, 1.165) is 34.8 Å². The fourth-order valence-electron chi connectivity index (χ4n) is 4.68. The molecule has 1 saturated carbocycles. The number of nitrogens with zero attached hydrogens (tertiary/aromatic N) is 7. The first-order valence-corrected chi connectivity index (χ1v) is 13.7. The Morgan fingerprint density at radius 2 is 1.92 bits per heavy atom. The Kier molecular flexibility index (Phi) is 7.28. The second-order valence-corrected chi connectivity index (χ2v) is 11.7. The van der Waals surface area contributed by atoms with Crippen molar-refractivity contribution < 1.29 is 9.53 Å². The zero-order valence-electron chi connectivity index (χ0n) is 23.3. The number of ether oxygens (including phenoxy) is 1. The highest BCUT2D eigenvalue weighted by Gasteiger charge is 2.32. The van der Waals surface area contributed by atoms with Crippen LogP contribution in [0.15, 0.2) is 24.5 Å². The molecule has 0 aromatic carbocycles. The molecule has 39 heavy (non-hydrogen) atoms. The Morgan fingerprint density at radius 3 is 2.56 bits per heavy atom. The molecule has 12 heteroatoms. The van der Waals surface area contributed by atoms with Gasteiger partial charge in [0.1, 0.15) is 11.4 Å². The van der Waals surface area contributed by atoms with Gasteiger partial charge in [0, 0.05) is 45.0 Å². The zero-order chi connectivity index (χ0) is 27.9. The maximum Gasteiger partial charge on any atom is 0.410 e. The Labute approximate surface area is 233 Å². The van der Waals surface area contributed by atoms with Crippen molar-refractivity contribution in [3.8, 4) is 0 Å². The predicted molar refractivity (Wildman–Crippen MR) is 152 cm³/mol. The number of pyridine rings is 1. The van der Waals surface area contributed by atoms with E-state index in [1.54, 1.807) is 15.8 Å². The summed E-state index contributed by atoms with van der Waals surface area (Å²) in [5, 5.41) is 11.8. The summed E-state index contributed by atoms with van der Waals surface area (Å²) in [7, 11) is 1.86. The second kappa shape index (κ2) is 10.5. The van der Waals surface area contributed by atoms with Crippen molar-refractivity contribution in [1.82, 2.24) is 29.6 Å². The van der Waals surface area contributed by atoms with Gasteiger partial charge < -0.3 is 25.2 Å². The highest BCUT2D eigenvalue weighted by Crippen LogP contribution is 2.44. The molecule has 5 rings (SSSR count). The molecule has 2 N–H and O–H groups in total. The van der Waals surface area contributed by atoms with E-state index in [0.29, 0.717) is 49.0 Å². The van der Waals surface area contributed by atoms with E-state index in [-0.39, 0.29) is 12.1 Å². The Hall–Kier alpha value is -3.60. The van der Waals surface area contributed by atoms with Crippen LogP contribution < -0.4 is 15.5 Å². The molecule has 1 aliphatic heterocycles. The van der Waals surface area contributed by atoms with E-state index >= 15 is 0 Å². The SMILES string of the molecule is Cc1nc(Nc2ncc(N3CCN(C(=O)OC(C)(C)C)C(C)C3)c(Nc3ccn(C)n3)n2)cc(C2CC2)c1Cl. The standard InChI is InChI=1S/C27H36ClN9O2/c1-16-15-36(11-12-37(16)26(38)39-27(3,4)5)20-14-29-25(33-24(20)31-21-9-10-35(6)34-21)32-22-13-19(18-7-8-18)23(28)17(2)30-22/h9-10,13-14,16,18H,7-8,11-12,15H2,1-6H3,(H2,29,30,31,32,33,34). The van der Waals surface area contributed by atoms with E-state index in [2.05, 4.69) is 30.6 Å². The van der Waals surface area contributed by atoms with Gasteiger partial charge in [0.05, 0.1) is 22.6 Å². The summed E-state index contributed by atoms with van der Waals surface area (Å²) >= 11 is 6.52. The topological polar surface area (TPSA) is 113 Å². The van der Waals surface area contributed by atoms with Crippen LogP contribution in [-0.4, -0.2) is 67.0 Å². The lowest BCUT2D eigenvalue weighted by Gasteiger charge is -2.41. The van der Waals surface area contributed by atoms with Gasteiger partial charge in [0.15, 0.2) is 11.6 Å². The smallest absolute Gasteiger partial charge is 0.410 e. The Balaban J connectivity index is 1.39. The van der Waals surface area contributed by atoms with Gasteiger partial charge >= 0.3 is 6.09 Å². The number of aromatic nitrogens is 5. The van der Waals surface area contributed by atoms with Crippen LogP contribution in [0, 0.1) is 6.92 Å². The minimum absolute atomic E-state index is 0.0591. The van der Waals surface area contributed by atoms with Gasteiger partial charge in [-0.05, 0) is 65.0 Å². The number of nitrogens with one attached hydrogen (secondary N) is 2. The van der Waals surface area contributed by atoms with Crippen molar-refractivity contribution in [2.24, 2.45) is 7.05 Å². The molecule has 3 aromatic heterocycles. The third-order valence-corrected chi connectivity index (χ3v) is 7.23. The molecule has 0 bridgehead atoms. The van der Waals surface area contributed by atoms with Crippen molar-refractivity contribution in [3.05, 3.63) is 40.8 Å². The number of rotatable bonds is 6. The Bertz CT molecular complexity index is 1370. The quantitative estimate of drug-likeness (QED) is 0.415. The number of amides is 1. The number of hydrogen-bond acceptors (Lipinski definition) is 9. The lowest BCUT2D eigenvalue weighted by molar-refractivity contribution is 0.0159. The summed E-state index contributed by atoms with van der Waals surface area (Å²) in [4.78, 5) is 30.7. The van der Waals surface area contributed by atoms with Crippen molar-refractivity contribution in [2.75, 3.05) is 35.2 Å². The summed E-state index contributed by atoms with van der Waals surface area (Å²) in [6.45, 7) is 11.3. The molecule has 2 aliphatic rings. The van der Waals surface area contributed by atoms with Crippen molar-refractivity contribution in [1.29, 1.82) is 0 Å². The van der Waals surface area contributed by atoms with Crippen LogP contribution in [0.5, 0.6) is 0 Å². The Morgan fingerprint density at radius 1 is 1.15 bits per heavy atom. The maximum atomic E-state index is 12.7. The van der Waals surface area contributed by atoms with Crippen LogP contribution in [0.3, 0.4) is 0 Å². The van der Waals surface area contributed by atoms with Gasteiger partial charge in [-0.3, -0.25) is 4.68 Å². The van der Waals surface area contributed by atoms with Gasteiger partial charge in [-0.15, -0.1) is 0 Å². The molecule has 3 aromatic rings. The fourth-order valence-corrected chi connectivity index (χ4v) is 4.93. The number of piperazine rings is 1. The van der Waals surface area contributed by atoms with Gasteiger partial charge in [0.25, 0.3) is 0 Å². The summed E-state index contributed by atoms with van der Waals surface area (Å²) in [5.41, 5.74) is 2.18. The number of anilines is 5. The number of halogens is 1. The summed E-state index contributed by atoms with van der Waals surface area (Å²) in [6, 6.07) is 3.82. The van der Waals surface area contributed by atoms with E-state index < -0.39 is 5.60 Å². The van der Waals surface area contributed by atoms with Gasteiger partial charge in [-0.25, -0.2) is 14.8 Å². The molecule has 4 heterocycles. The van der Waals surface area contributed by atoms with Crippen molar-refractivity contribution in [3.63, 3.8) is 0 Å². The average Bonchev–Trinajstić information content (AvgIpc) is 3.61. The van der Waals surface area contributed by atoms with Gasteiger partial charge in [0.2, 0.25) is 5.95 Å². The molecule has 208 valence electrons. The normalized spacial score (nSPS) is 17.8. The van der Waals surface area contributed by atoms with Crippen LogP contribution in [-0.2, 0) is 11.8 Å². The summed E-state index contributed by atoms with van der Waals surface area (Å²) in [5.74, 6) is 2.84. The average molecular weight is 554 g/mol. The molecule has 11 nitrogen and oxygen atoms in total. The lowest BCUT2D eigenvalue weighted by atomic mass is 10.1. The molecule has 1 aliphatic carbocycles. The third-order valence-electron chi connectivity index (χ3n) is 6.73. The third kappa shape index (κ3) is 6.35. The van der Waals surface area contributed by atoms with Gasteiger partial charge in [-0.1, -0.05) is 11.6 Å². The molecule has 1 amide bonds. The molecule has 1 unspecified atom stereocenters. The maximum absolute atomic E-state index is 12.7. The van der Waals surface area contributed by atoms with E-state index in [1.165, 1.54) is 0 Å². The molecule has 2 fully saturated rings. The van der Waals surface area contributed by atoms with Crippen LogP contribution in [0.1, 0.15) is 57.7 Å². The monoisotopic (exact) mass is 553 g/mol. The predicted octanol–water partition coefficient (Wildman–Crippen LogP) is 5.38. The minimum Gasteiger partial charge on any atom is -0.444 e. The molecule has 1 saturated heterocycles. The van der Waals surface area contributed by atoms with Crippen molar-refractivity contribution in [2.45, 2.75) is 65.0 Å². The van der Waals surface area contributed by atoms with Gasteiger partial charge in [-0.2, -0.15) is 10.1 Å². The second-order valence-electron chi connectivity index (χ2n) is 11.3. The number of carbonyl (C=O) groups is 1. The minimum atomic E-state index is -0.540. The lowest BCUT2D eigenvalue weighted by Crippen LogP contribution is -2.55. The van der Waals surface area contributed by atoms with Crippen LogP contribution in [0.25, 0.3) is 0 Å². The highest BCUT2D eigenvalue weighted by atomic mass is 35.5. The zero-order valence-corrected chi connectivity index (χ0v) is 24.1. The molecule has 1 atom stereocenters. The summed E-state index contributed by atoms with van der Waals surface area (Å²) < 4.78 is 7.33. The molecule has 0 radical (unpaired) electrons. The number of hydrogen-bond donors (Lipinski definition) is 2. The van der Waals surface area contributed by atoms with Crippen molar-refractivity contribution >= 4 is 46.8 Å². The largest absolute Gasteiger partial charge is 0.444 e. The molecular formula is C27H36ClN9O2. The highest BCUT2D eigenvalue weighted by molar-refractivity contribution is 6.32. The first-order chi connectivity index (χ1) is 18.5. The number of carbonyl (C=O) groups excluding carboxylic acids is 1. The first kappa shape index (κ1) is 27.0. The van der Waals surface area contributed by atoms with Crippen LogP contribution >= 0.6 is 11.6 Å². The van der Waals surface area contributed by atoms with E-state index in [1.807, 2.05) is 60.0 Å². The fraction of sp³-hybridized carbons (Fsp3) is 0.519. The van der Waals surface area contributed by atoms with Crippen LogP contribution in [0.2, 0.25) is 5.02 Å². The first-order valence-electron chi connectivity index (χ1n) is 13.3. The number of aryl methyl sites for hydroxylation is 2. The summed E-state index contributed by atoms with van der Waals surface area (Å²) in [6.07, 6.45) is 5.65. The van der Waals surface area contributed by atoms with E-state index in [4.69, 9.17) is 21.3 Å². The van der Waals surface area contributed by atoms with Crippen LogP contribution in [0.4, 0.5) is 33.9 Å².